The lowest BCUT2D eigenvalue weighted by molar-refractivity contribution is -0.115. The molecule has 1 saturated heterocycles. The number of halogens is 1. The molecule has 1 heterocycles. The second kappa shape index (κ2) is 8.86. The minimum absolute atomic E-state index is 0.00528. The van der Waals surface area contributed by atoms with Gasteiger partial charge in [-0.2, -0.15) is 0 Å². The molecule has 5 heteroatoms. The number of amides is 2. The lowest BCUT2D eigenvalue weighted by Gasteiger charge is -2.22. The Labute approximate surface area is 159 Å². The number of hydrogen-bond acceptors (Lipinski definition) is 2. The molecular formula is C21H23ClN2O2. The Morgan fingerprint density at radius 3 is 2.27 bits per heavy atom. The highest BCUT2D eigenvalue weighted by Crippen LogP contribution is 2.20. The van der Waals surface area contributed by atoms with Gasteiger partial charge in [-0.15, -0.1) is 0 Å². The van der Waals surface area contributed by atoms with Crippen LogP contribution in [0.2, 0.25) is 5.02 Å². The highest BCUT2D eigenvalue weighted by Gasteiger charge is 2.20. The fourth-order valence-corrected chi connectivity index (χ4v) is 3.33. The molecule has 26 heavy (non-hydrogen) atoms. The molecule has 0 aliphatic carbocycles. The van der Waals surface area contributed by atoms with Crippen LogP contribution in [0.4, 0.5) is 5.69 Å². The van der Waals surface area contributed by atoms with Gasteiger partial charge in [-0.1, -0.05) is 48.7 Å². The van der Waals surface area contributed by atoms with E-state index in [1.807, 2.05) is 29.2 Å². The summed E-state index contributed by atoms with van der Waals surface area (Å²) in [6.07, 6.45) is 4.66. The summed E-state index contributed by atoms with van der Waals surface area (Å²) in [5.74, 6) is -0.155. The quantitative estimate of drug-likeness (QED) is 0.859. The van der Waals surface area contributed by atoms with Crippen molar-refractivity contribution in [3.63, 3.8) is 0 Å². The molecule has 2 aromatic rings. The molecule has 2 aromatic carbocycles. The van der Waals surface area contributed by atoms with E-state index >= 15 is 0 Å². The van der Waals surface area contributed by atoms with E-state index in [1.54, 1.807) is 24.3 Å². The number of carbonyl (C=O) groups excluding carboxylic acids is 2. The Bertz CT molecular complexity index is 766. The van der Waals surface area contributed by atoms with Gasteiger partial charge >= 0.3 is 0 Å². The second-order valence-electron chi connectivity index (χ2n) is 6.60. The summed E-state index contributed by atoms with van der Waals surface area (Å²) in [5.41, 5.74) is 2.00. The zero-order valence-corrected chi connectivity index (χ0v) is 15.5. The van der Waals surface area contributed by atoms with Crippen molar-refractivity contribution in [3.8, 4) is 0 Å². The molecule has 0 atom stereocenters. The average Bonchev–Trinajstić information content (AvgIpc) is 2.93. The Morgan fingerprint density at radius 1 is 0.923 bits per heavy atom. The molecule has 1 N–H and O–H groups in total. The van der Waals surface area contributed by atoms with Crippen LogP contribution in [0.1, 0.15) is 41.6 Å². The molecule has 0 radical (unpaired) electrons. The van der Waals surface area contributed by atoms with Crippen molar-refractivity contribution < 1.29 is 9.59 Å². The van der Waals surface area contributed by atoms with Crippen LogP contribution in [0, 0.1) is 0 Å². The van der Waals surface area contributed by atoms with E-state index in [0.29, 0.717) is 16.3 Å². The normalized spacial score (nSPS) is 14.6. The van der Waals surface area contributed by atoms with E-state index in [0.717, 1.165) is 31.5 Å². The van der Waals surface area contributed by atoms with E-state index in [9.17, 15) is 9.59 Å². The molecule has 0 spiro atoms. The molecule has 0 unspecified atom stereocenters. The third-order valence-electron chi connectivity index (χ3n) is 4.60. The Kier molecular flexibility index (Phi) is 6.29. The lowest BCUT2D eigenvalue weighted by Crippen LogP contribution is -2.32. The highest BCUT2D eigenvalue weighted by molar-refractivity contribution is 6.30. The van der Waals surface area contributed by atoms with Crippen LogP contribution in [-0.4, -0.2) is 29.8 Å². The van der Waals surface area contributed by atoms with Crippen LogP contribution < -0.4 is 5.32 Å². The maximum atomic E-state index is 12.9. The van der Waals surface area contributed by atoms with Gasteiger partial charge in [0.25, 0.3) is 5.91 Å². The number of benzene rings is 2. The van der Waals surface area contributed by atoms with E-state index in [-0.39, 0.29) is 18.2 Å². The monoisotopic (exact) mass is 370 g/mol. The summed E-state index contributed by atoms with van der Waals surface area (Å²) in [6.45, 7) is 1.57. The molecule has 4 nitrogen and oxygen atoms in total. The van der Waals surface area contributed by atoms with Gasteiger partial charge in [-0.05, 0) is 42.7 Å². The first kappa shape index (κ1) is 18.5. The van der Waals surface area contributed by atoms with Crippen molar-refractivity contribution in [2.45, 2.75) is 32.1 Å². The molecule has 0 aromatic heterocycles. The number of para-hydroxylation sites is 1. The smallest absolute Gasteiger partial charge is 0.255 e. The minimum Gasteiger partial charge on any atom is -0.339 e. The van der Waals surface area contributed by atoms with Crippen LogP contribution >= 0.6 is 11.6 Å². The molecule has 1 aliphatic rings. The van der Waals surface area contributed by atoms with Gasteiger partial charge in [-0.3, -0.25) is 9.59 Å². The van der Waals surface area contributed by atoms with Crippen molar-refractivity contribution in [1.82, 2.24) is 4.90 Å². The van der Waals surface area contributed by atoms with Crippen molar-refractivity contribution in [2.24, 2.45) is 0 Å². The third kappa shape index (κ3) is 4.85. The van der Waals surface area contributed by atoms with Gasteiger partial charge in [0.15, 0.2) is 0 Å². The van der Waals surface area contributed by atoms with Crippen molar-refractivity contribution in [2.75, 3.05) is 18.4 Å². The van der Waals surface area contributed by atoms with Gasteiger partial charge in [0.1, 0.15) is 0 Å². The number of anilines is 1. The summed E-state index contributed by atoms with van der Waals surface area (Å²) in [4.78, 5) is 27.2. The van der Waals surface area contributed by atoms with Gasteiger partial charge in [0, 0.05) is 18.1 Å². The lowest BCUT2D eigenvalue weighted by atomic mass is 10.1. The van der Waals surface area contributed by atoms with E-state index < -0.39 is 0 Å². The van der Waals surface area contributed by atoms with E-state index in [2.05, 4.69) is 5.32 Å². The SMILES string of the molecule is O=C(Cc1ccc(Cl)cc1)Nc1ccccc1C(=O)N1CCCCCC1. The van der Waals surface area contributed by atoms with Gasteiger partial charge in [-0.25, -0.2) is 0 Å². The second-order valence-corrected chi connectivity index (χ2v) is 7.04. The predicted octanol–water partition coefficient (Wildman–Crippen LogP) is 4.54. The van der Waals surface area contributed by atoms with Gasteiger partial charge in [0.2, 0.25) is 5.91 Å². The minimum atomic E-state index is -0.150. The molecule has 2 amide bonds. The molecule has 1 aliphatic heterocycles. The van der Waals surface area contributed by atoms with Crippen molar-refractivity contribution >= 4 is 29.1 Å². The predicted molar refractivity (Wildman–Crippen MR) is 105 cm³/mol. The van der Waals surface area contributed by atoms with Crippen molar-refractivity contribution in [1.29, 1.82) is 0 Å². The van der Waals surface area contributed by atoms with Crippen molar-refractivity contribution in [3.05, 3.63) is 64.7 Å². The maximum absolute atomic E-state index is 12.9. The van der Waals surface area contributed by atoms with E-state index in [1.165, 1.54) is 12.8 Å². The topological polar surface area (TPSA) is 49.4 Å². The summed E-state index contributed by atoms with van der Waals surface area (Å²) < 4.78 is 0. The average molecular weight is 371 g/mol. The zero-order valence-electron chi connectivity index (χ0n) is 14.7. The fraction of sp³-hybridized carbons (Fsp3) is 0.333. The number of likely N-dealkylation sites (tertiary alicyclic amines) is 1. The molecular weight excluding hydrogens is 348 g/mol. The van der Waals surface area contributed by atoms with Crippen LogP contribution in [0.25, 0.3) is 0 Å². The van der Waals surface area contributed by atoms with Crippen LogP contribution in [0.3, 0.4) is 0 Å². The van der Waals surface area contributed by atoms with Crippen LogP contribution in [-0.2, 0) is 11.2 Å². The maximum Gasteiger partial charge on any atom is 0.255 e. The summed E-state index contributed by atoms with van der Waals surface area (Å²) in [5, 5.41) is 3.53. The molecule has 0 bridgehead atoms. The Morgan fingerprint density at radius 2 is 1.58 bits per heavy atom. The third-order valence-corrected chi connectivity index (χ3v) is 4.85. The fourth-order valence-electron chi connectivity index (χ4n) is 3.20. The standard InChI is InChI=1S/C21H23ClN2O2/c22-17-11-9-16(10-12-17)15-20(25)23-19-8-4-3-7-18(19)21(26)24-13-5-1-2-6-14-24/h3-4,7-12H,1-2,5-6,13-15H2,(H,23,25). The summed E-state index contributed by atoms with van der Waals surface area (Å²) in [7, 11) is 0. The number of nitrogens with zero attached hydrogens (tertiary/aromatic N) is 1. The number of rotatable bonds is 4. The largest absolute Gasteiger partial charge is 0.339 e. The first-order valence-electron chi connectivity index (χ1n) is 9.06. The first-order chi connectivity index (χ1) is 12.6. The first-order valence-corrected chi connectivity index (χ1v) is 9.44. The Balaban J connectivity index is 1.70. The Hall–Kier alpha value is -2.33. The summed E-state index contributed by atoms with van der Waals surface area (Å²) in [6, 6.07) is 14.4. The zero-order chi connectivity index (χ0) is 18.4. The summed E-state index contributed by atoms with van der Waals surface area (Å²) >= 11 is 5.88. The van der Waals surface area contributed by atoms with E-state index in [4.69, 9.17) is 11.6 Å². The van der Waals surface area contributed by atoms with Gasteiger partial charge < -0.3 is 10.2 Å². The highest BCUT2D eigenvalue weighted by atomic mass is 35.5. The number of nitrogens with one attached hydrogen (secondary N) is 1. The molecule has 136 valence electrons. The van der Waals surface area contributed by atoms with Crippen LogP contribution in [0.15, 0.2) is 48.5 Å². The van der Waals surface area contributed by atoms with Crippen LogP contribution in [0.5, 0.6) is 0 Å². The number of hydrogen-bond donors (Lipinski definition) is 1. The number of carbonyl (C=O) groups is 2. The molecule has 1 fully saturated rings. The van der Waals surface area contributed by atoms with Gasteiger partial charge in [0.05, 0.1) is 17.7 Å². The molecule has 3 rings (SSSR count). The molecule has 0 saturated carbocycles.